The van der Waals surface area contributed by atoms with Gasteiger partial charge in [-0.05, 0) is 25.1 Å². The number of rotatable bonds is 4. The molecule has 7 heteroatoms. The average molecular weight is 352 g/mol. The molecule has 7 nitrogen and oxygen atoms in total. The number of piperazine rings is 1. The fraction of sp³-hybridized carbons (Fsp3) is 0.263. The van der Waals surface area contributed by atoms with Gasteiger partial charge in [0.15, 0.2) is 0 Å². The highest BCUT2D eigenvalue weighted by Crippen LogP contribution is 2.13. The molecular formula is C19H20N4O3. The summed E-state index contributed by atoms with van der Waals surface area (Å²) in [6.07, 6.45) is 3.68. The van der Waals surface area contributed by atoms with Crippen LogP contribution in [0, 0.1) is 6.92 Å². The van der Waals surface area contributed by atoms with Crippen LogP contribution in [-0.2, 0) is 4.79 Å². The number of hydrogen-bond donors (Lipinski definition) is 1. The Morgan fingerprint density at radius 3 is 2.35 bits per heavy atom. The van der Waals surface area contributed by atoms with Crippen molar-refractivity contribution in [2.24, 2.45) is 0 Å². The van der Waals surface area contributed by atoms with Crippen LogP contribution in [0.4, 0.5) is 5.69 Å². The van der Waals surface area contributed by atoms with Crippen molar-refractivity contribution in [3.63, 3.8) is 0 Å². The molecule has 1 fully saturated rings. The van der Waals surface area contributed by atoms with Crippen molar-refractivity contribution < 1.29 is 14.4 Å². The molecule has 2 aromatic rings. The second kappa shape index (κ2) is 7.77. The van der Waals surface area contributed by atoms with E-state index in [1.54, 1.807) is 15.9 Å². The van der Waals surface area contributed by atoms with E-state index in [4.69, 9.17) is 0 Å². The second-order valence-electron chi connectivity index (χ2n) is 6.22. The maximum Gasteiger partial charge on any atom is 0.257 e. The number of pyridine rings is 1. The van der Waals surface area contributed by atoms with Gasteiger partial charge < -0.3 is 15.1 Å². The third kappa shape index (κ3) is 4.05. The van der Waals surface area contributed by atoms with E-state index in [1.165, 1.54) is 12.4 Å². The van der Waals surface area contributed by atoms with Gasteiger partial charge >= 0.3 is 0 Å². The summed E-state index contributed by atoms with van der Waals surface area (Å²) in [7, 11) is 0. The Morgan fingerprint density at radius 1 is 1.04 bits per heavy atom. The van der Waals surface area contributed by atoms with E-state index >= 15 is 0 Å². The minimum atomic E-state index is -0.318. The molecule has 0 atom stereocenters. The van der Waals surface area contributed by atoms with Gasteiger partial charge in [-0.3, -0.25) is 19.4 Å². The molecule has 1 aromatic heterocycles. The zero-order chi connectivity index (χ0) is 18.5. The molecule has 1 saturated heterocycles. The molecule has 0 saturated carbocycles. The standard InChI is InChI=1S/C19H20N4O3/c1-14-2-4-17(5-3-14)21-18(25)15-10-16(12-20-11-15)19(26)23-8-6-22(13-24)7-9-23/h2-5,10-13H,6-9H2,1H3,(H,21,25). The first kappa shape index (κ1) is 17.6. The topological polar surface area (TPSA) is 82.6 Å². The predicted molar refractivity (Wildman–Crippen MR) is 96.9 cm³/mol. The number of aryl methyl sites for hydroxylation is 1. The van der Waals surface area contributed by atoms with Crippen LogP contribution in [0.2, 0.25) is 0 Å². The largest absolute Gasteiger partial charge is 0.342 e. The molecule has 26 heavy (non-hydrogen) atoms. The number of benzene rings is 1. The van der Waals surface area contributed by atoms with E-state index in [0.717, 1.165) is 12.0 Å². The van der Waals surface area contributed by atoms with E-state index in [0.29, 0.717) is 43.0 Å². The SMILES string of the molecule is Cc1ccc(NC(=O)c2cncc(C(=O)N3CCN(C=O)CC3)c2)cc1. The third-order valence-corrected chi connectivity index (χ3v) is 4.31. The van der Waals surface area contributed by atoms with Gasteiger partial charge in [-0.2, -0.15) is 0 Å². The molecule has 0 unspecified atom stereocenters. The highest BCUT2D eigenvalue weighted by atomic mass is 16.2. The van der Waals surface area contributed by atoms with Crippen LogP contribution in [0.15, 0.2) is 42.7 Å². The van der Waals surface area contributed by atoms with Crippen LogP contribution in [0.3, 0.4) is 0 Å². The van der Waals surface area contributed by atoms with Gasteiger partial charge in [0, 0.05) is 44.3 Å². The summed E-state index contributed by atoms with van der Waals surface area (Å²) in [6.45, 7) is 3.93. The van der Waals surface area contributed by atoms with Crippen molar-refractivity contribution in [1.82, 2.24) is 14.8 Å². The van der Waals surface area contributed by atoms with Crippen molar-refractivity contribution >= 4 is 23.9 Å². The quantitative estimate of drug-likeness (QED) is 0.847. The van der Waals surface area contributed by atoms with Crippen LogP contribution < -0.4 is 5.32 Å². The molecular weight excluding hydrogens is 332 g/mol. The number of carbonyl (C=O) groups is 3. The van der Waals surface area contributed by atoms with Crippen LogP contribution in [0.1, 0.15) is 26.3 Å². The lowest BCUT2D eigenvalue weighted by molar-refractivity contribution is -0.119. The normalized spacial score (nSPS) is 14.0. The highest BCUT2D eigenvalue weighted by molar-refractivity contribution is 6.05. The molecule has 134 valence electrons. The average Bonchev–Trinajstić information content (AvgIpc) is 2.69. The van der Waals surface area contributed by atoms with Gasteiger partial charge in [-0.25, -0.2) is 0 Å². The van der Waals surface area contributed by atoms with Gasteiger partial charge in [0.2, 0.25) is 6.41 Å². The van der Waals surface area contributed by atoms with Gasteiger partial charge in [0.1, 0.15) is 0 Å². The Labute approximate surface area is 151 Å². The fourth-order valence-corrected chi connectivity index (χ4v) is 2.73. The maximum atomic E-state index is 12.6. The number of amides is 3. The molecule has 1 aliphatic rings. The minimum Gasteiger partial charge on any atom is -0.342 e. The number of nitrogens with zero attached hydrogens (tertiary/aromatic N) is 3. The monoisotopic (exact) mass is 352 g/mol. The zero-order valence-electron chi connectivity index (χ0n) is 14.5. The van der Waals surface area contributed by atoms with Crippen LogP contribution in [0.5, 0.6) is 0 Å². The number of carbonyl (C=O) groups excluding carboxylic acids is 3. The molecule has 1 N–H and O–H groups in total. The first-order chi connectivity index (χ1) is 12.6. The Balaban J connectivity index is 1.69. The van der Waals surface area contributed by atoms with Crippen molar-refractivity contribution in [3.8, 4) is 0 Å². The van der Waals surface area contributed by atoms with Crippen molar-refractivity contribution in [3.05, 3.63) is 59.4 Å². The molecule has 2 heterocycles. The van der Waals surface area contributed by atoms with E-state index in [9.17, 15) is 14.4 Å². The van der Waals surface area contributed by atoms with Gasteiger partial charge in [0.05, 0.1) is 11.1 Å². The fourth-order valence-electron chi connectivity index (χ4n) is 2.73. The Hall–Kier alpha value is -3.22. The summed E-state index contributed by atoms with van der Waals surface area (Å²) in [4.78, 5) is 43.1. The van der Waals surface area contributed by atoms with Crippen molar-refractivity contribution in [2.75, 3.05) is 31.5 Å². The van der Waals surface area contributed by atoms with E-state index < -0.39 is 0 Å². The molecule has 0 aliphatic carbocycles. The van der Waals surface area contributed by atoms with Gasteiger partial charge in [-0.15, -0.1) is 0 Å². The van der Waals surface area contributed by atoms with Crippen LogP contribution in [0.25, 0.3) is 0 Å². The lowest BCUT2D eigenvalue weighted by Gasteiger charge is -2.32. The summed E-state index contributed by atoms with van der Waals surface area (Å²) in [5.41, 5.74) is 2.47. The predicted octanol–water partition coefficient (Wildman–Crippen LogP) is 1.56. The first-order valence-electron chi connectivity index (χ1n) is 8.38. The highest BCUT2D eigenvalue weighted by Gasteiger charge is 2.22. The number of aromatic nitrogens is 1. The number of nitrogens with one attached hydrogen (secondary N) is 1. The summed E-state index contributed by atoms with van der Waals surface area (Å²) in [5, 5.41) is 2.80. The molecule has 0 spiro atoms. The molecule has 0 radical (unpaired) electrons. The zero-order valence-corrected chi connectivity index (χ0v) is 14.5. The third-order valence-electron chi connectivity index (χ3n) is 4.31. The summed E-state index contributed by atoms with van der Waals surface area (Å²) < 4.78 is 0. The van der Waals surface area contributed by atoms with Gasteiger partial charge in [0.25, 0.3) is 11.8 Å². The number of hydrogen-bond acceptors (Lipinski definition) is 4. The molecule has 3 amide bonds. The Bertz CT molecular complexity index is 812. The van der Waals surface area contributed by atoms with Crippen molar-refractivity contribution in [2.45, 2.75) is 6.92 Å². The minimum absolute atomic E-state index is 0.187. The summed E-state index contributed by atoms with van der Waals surface area (Å²) in [6, 6.07) is 9.01. The van der Waals surface area contributed by atoms with E-state index in [1.807, 2.05) is 31.2 Å². The molecule has 1 aliphatic heterocycles. The Morgan fingerprint density at radius 2 is 1.69 bits per heavy atom. The molecule has 3 rings (SSSR count). The smallest absolute Gasteiger partial charge is 0.257 e. The Kier molecular flexibility index (Phi) is 5.26. The lowest BCUT2D eigenvalue weighted by Crippen LogP contribution is -2.48. The van der Waals surface area contributed by atoms with E-state index in [-0.39, 0.29) is 11.8 Å². The maximum absolute atomic E-state index is 12.6. The van der Waals surface area contributed by atoms with E-state index in [2.05, 4.69) is 10.3 Å². The first-order valence-corrected chi connectivity index (χ1v) is 8.38. The summed E-state index contributed by atoms with van der Waals surface area (Å²) >= 11 is 0. The molecule has 1 aromatic carbocycles. The summed E-state index contributed by atoms with van der Waals surface area (Å²) in [5.74, 6) is -0.505. The lowest BCUT2D eigenvalue weighted by atomic mass is 10.1. The van der Waals surface area contributed by atoms with Crippen LogP contribution >= 0.6 is 0 Å². The molecule has 0 bridgehead atoms. The van der Waals surface area contributed by atoms with Crippen molar-refractivity contribution in [1.29, 1.82) is 0 Å². The van der Waals surface area contributed by atoms with Crippen LogP contribution in [-0.4, -0.2) is 59.2 Å². The number of anilines is 1. The van der Waals surface area contributed by atoms with Gasteiger partial charge in [-0.1, -0.05) is 17.7 Å². The second-order valence-corrected chi connectivity index (χ2v) is 6.22.